The first kappa shape index (κ1) is 14.6. The number of hydrogen-bond acceptors (Lipinski definition) is 4. The normalized spacial score (nSPS) is 22.7. The average Bonchev–Trinajstić information content (AvgIpc) is 2.93. The lowest BCUT2D eigenvalue weighted by Crippen LogP contribution is -2.53. The molecule has 1 aliphatic heterocycles. The standard InChI is InChI=1S/C17H25N3O/c1-3-14-12-20(9-8-19(14)2)15(11-18)17-10-13-6-4-5-7-16(13)21-17/h4-7,10,14-15H,3,8-9,11-12,18H2,1-2H3. The Bertz CT molecular complexity index is 561. The van der Waals surface area contributed by atoms with E-state index in [0.717, 1.165) is 36.4 Å². The van der Waals surface area contributed by atoms with E-state index in [1.54, 1.807) is 0 Å². The van der Waals surface area contributed by atoms with Crippen LogP contribution in [0.15, 0.2) is 34.7 Å². The molecular weight excluding hydrogens is 262 g/mol. The smallest absolute Gasteiger partial charge is 0.134 e. The van der Waals surface area contributed by atoms with Crippen molar-refractivity contribution >= 4 is 11.0 Å². The van der Waals surface area contributed by atoms with E-state index in [0.29, 0.717) is 12.6 Å². The first-order chi connectivity index (χ1) is 10.2. The van der Waals surface area contributed by atoms with Gasteiger partial charge in [0.05, 0.1) is 6.04 Å². The third kappa shape index (κ3) is 2.84. The number of nitrogens with two attached hydrogens (primary N) is 1. The molecule has 0 saturated carbocycles. The highest BCUT2D eigenvalue weighted by molar-refractivity contribution is 5.77. The molecule has 1 aliphatic rings. The molecule has 1 saturated heterocycles. The summed E-state index contributed by atoms with van der Waals surface area (Å²) >= 11 is 0. The molecule has 1 aromatic carbocycles. The highest BCUT2D eigenvalue weighted by Gasteiger charge is 2.29. The van der Waals surface area contributed by atoms with E-state index in [9.17, 15) is 0 Å². The second kappa shape index (κ2) is 6.18. The molecule has 21 heavy (non-hydrogen) atoms. The van der Waals surface area contributed by atoms with Crippen LogP contribution in [-0.2, 0) is 0 Å². The monoisotopic (exact) mass is 287 g/mol. The number of piperazine rings is 1. The van der Waals surface area contributed by atoms with Crippen LogP contribution in [0, 0.1) is 0 Å². The summed E-state index contributed by atoms with van der Waals surface area (Å²) in [6, 6.07) is 11.1. The molecule has 1 aromatic heterocycles. The summed E-state index contributed by atoms with van der Waals surface area (Å²) in [5.41, 5.74) is 7.01. The Labute approximate surface area is 126 Å². The third-order valence-electron chi connectivity index (χ3n) is 4.72. The van der Waals surface area contributed by atoms with E-state index >= 15 is 0 Å². The van der Waals surface area contributed by atoms with Gasteiger partial charge in [-0.05, 0) is 25.6 Å². The molecule has 0 amide bonds. The van der Waals surface area contributed by atoms with E-state index in [1.165, 1.54) is 6.42 Å². The lowest BCUT2D eigenvalue weighted by Gasteiger charge is -2.42. The fraction of sp³-hybridized carbons (Fsp3) is 0.529. The number of furan rings is 1. The lowest BCUT2D eigenvalue weighted by atomic mass is 10.1. The second-order valence-corrected chi connectivity index (χ2v) is 5.98. The van der Waals surface area contributed by atoms with Crippen molar-refractivity contribution in [2.24, 2.45) is 5.73 Å². The number of rotatable bonds is 4. The molecule has 1 fully saturated rings. The van der Waals surface area contributed by atoms with Crippen molar-refractivity contribution in [1.82, 2.24) is 9.80 Å². The van der Waals surface area contributed by atoms with Gasteiger partial charge in [-0.1, -0.05) is 25.1 Å². The Balaban J connectivity index is 1.84. The molecule has 0 radical (unpaired) electrons. The number of para-hydroxylation sites is 1. The molecule has 4 heteroatoms. The SMILES string of the molecule is CCC1CN(C(CN)c2cc3ccccc3o2)CCN1C. The van der Waals surface area contributed by atoms with Crippen molar-refractivity contribution in [2.75, 3.05) is 33.2 Å². The van der Waals surface area contributed by atoms with Gasteiger partial charge in [0.2, 0.25) is 0 Å². The molecule has 2 unspecified atom stereocenters. The van der Waals surface area contributed by atoms with Gasteiger partial charge >= 0.3 is 0 Å². The quantitative estimate of drug-likeness (QED) is 0.938. The highest BCUT2D eigenvalue weighted by Crippen LogP contribution is 2.28. The fourth-order valence-corrected chi connectivity index (χ4v) is 3.31. The van der Waals surface area contributed by atoms with Crippen LogP contribution in [0.1, 0.15) is 25.1 Å². The van der Waals surface area contributed by atoms with Gasteiger partial charge in [-0.3, -0.25) is 4.90 Å². The van der Waals surface area contributed by atoms with E-state index in [1.807, 2.05) is 18.2 Å². The van der Waals surface area contributed by atoms with E-state index < -0.39 is 0 Å². The van der Waals surface area contributed by atoms with Gasteiger partial charge < -0.3 is 15.1 Å². The van der Waals surface area contributed by atoms with Crippen LogP contribution in [0.3, 0.4) is 0 Å². The van der Waals surface area contributed by atoms with Gasteiger partial charge in [-0.15, -0.1) is 0 Å². The number of fused-ring (bicyclic) bond motifs is 1. The minimum Gasteiger partial charge on any atom is -0.459 e. The topological polar surface area (TPSA) is 45.6 Å². The van der Waals surface area contributed by atoms with Gasteiger partial charge in [-0.25, -0.2) is 0 Å². The molecule has 2 heterocycles. The Hall–Kier alpha value is -1.36. The van der Waals surface area contributed by atoms with Crippen LogP contribution in [0.5, 0.6) is 0 Å². The summed E-state index contributed by atoms with van der Waals surface area (Å²) in [6.45, 7) is 6.05. The van der Waals surface area contributed by atoms with Crippen molar-refractivity contribution in [2.45, 2.75) is 25.4 Å². The number of likely N-dealkylation sites (N-methyl/N-ethyl adjacent to an activating group) is 1. The third-order valence-corrected chi connectivity index (χ3v) is 4.72. The van der Waals surface area contributed by atoms with Gasteiger partial charge in [0.25, 0.3) is 0 Å². The Morgan fingerprint density at radius 2 is 2.14 bits per heavy atom. The van der Waals surface area contributed by atoms with Crippen LogP contribution in [0.2, 0.25) is 0 Å². The minimum absolute atomic E-state index is 0.181. The minimum atomic E-state index is 0.181. The molecule has 4 nitrogen and oxygen atoms in total. The maximum atomic E-state index is 6.06. The number of hydrogen-bond donors (Lipinski definition) is 1. The molecule has 114 valence electrons. The second-order valence-electron chi connectivity index (χ2n) is 5.98. The van der Waals surface area contributed by atoms with E-state index in [4.69, 9.17) is 10.2 Å². The van der Waals surface area contributed by atoms with Crippen molar-refractivity contribution < 1.29 is 4.42 Å². The first-order valence-corrected chi connectivity index (χ1v) is 7.85. The number of benzene rings is 1. The molecule has 0 spiro atoms. The first-order valence-electron chi connectivity index (χ1n) is 7.85. The van der Waals surface area contributed by atoms with Crippen LogP contribution < -0.4 is 5.73 Å². The Kier molecular flexibility index (Phi) is 4.29. The summed E-state index contributed by atoms with van der Waals surface area (Å²) in [5.74, 6) is 0.998. The molecule has 2 aromatic rings. The Morgan fingerprint density at radius 1 is 1.33 bits per heavy atom. The van der Waals surface area contributed by atoms with Crippen molar-refractivity contribution in [3.8, 4) is 0 Å². The highest BCUT2D eigenvalue weighted by atomic mass is 16.3. The summed E-state index contributed by atoms with van der Waals surface area (Å²) in [4.78, 5) is 4.93. The molecule has 3 rings (SSSR count). The average molecular weight is 287 g/mol. The predicted octanol–water partition coefficient (Wildman–Crippen LogP) is 2.46. The zero-order valence-electron chi connectivity index (χ0n) is 13.0. The molecule has 0 aliphatic carbocycles. The van der Waals surface area contributed by atoms with E-state index in [-0.39, 0.29) is 6.04 Å². The zero-order chi connectivity index (χ0) is 14.8. The van der Waals surface area contributed by atoms with Crippen molar-refractivity contribution in [3.63, 3.8) is 0 Å². The van der Waals surface area contributed by atoms with Crippen molar-refractivity contribution in [3.05, 3.63) is 36.1 Å². The summed E-state index contributed by atoms with van der Waals surface area (Å²) in [5, 5.41) is 1.16. The van der Waals surface area contributed by atoms with Crippen LogP contribution in [0.4, 0.5) is 0 Å². The van der Waals surface area contributed by atoms with Gasteiger partial charge in [0, 0.05) is 37.6 Å². The molecule has 0 bridgehead atoms. The maximum absolute atomic E-state index is 6.06. The predicted molar refractivity (Wildman–Crippen MR) is 86.3 cm³/mol. The Morgan fingerprint density at radius 3 is 2.86 bits per heavy atom. The lowest BCUT2D eigenvalue weighted by molar-refractivity contribution is 0.0580. The molecular formula is C17H25N3O. The van der Waals surface area contributed by atoms with Gasteiger partial charge in [0.15, 0.2) is 0 Å². The molecule has 2 N–H and O–H groups in total. The summed E-state index contributed by atoms with van der Waals surface area (Å²) in [7, 11) is 2.21. The fourth-order valence-electron chi connectivity index (χ4n) is 3.31. The van der Waals surface area contributed by atoms with Gasteiger partial charge in [-0.2, -0.15) is 0 Å². The summed E-state index contributed by atoms with van der Waals surface area (Å²) < 4.78 is 6.03. The largest absolute Gasteiger partial charge is 0.459 e. The van der Waals surface area contributed by atoms with Crippen molar-refractivity contribution in [1.29, 1.82) is 0 Å². The zero-order valence-corrected chi connectivity index (χ0v) is 13.0. The van der Waals surface area contributed by atoms with Crippen LogP contribution >= 0.6 is 0 Å². The maximum Gasteiger partial charge on any atom is 0.134 e. The van der Waals surface area contributed by atoms with Crippen LogP contribution in [-0.4, -0.2) is 49.1 Å². The van der Waals surface area contributed by atoms with Crippen LogP contribution in [0.25, 0.3) is 11.0 Å². The molecule has 2 atom stereocenters. The van der Waals surface area contributed by atoms with E-state index in [2.05, 4.69) is 35.9 Å². The van der Waals surface area contributed by atoms with Gasteiger partial charge in [0.1, 0.15) is 11.3 Å². The number of nitrogens with zero attached hydrogens (tertiary/aromatic N) is 2. The summed E-state index contributed by atoms with van der Waals surface area (Å²) in [6.07, 6.45) is 1.17.